The first kappa shape index (κ1) is 23.9. The molecule has 5 aliphatic heterocycles. The van der Waals surface area contributed by atoms with Gasteiger partial charge >= 0.3 is 5.97 Å². The molecule has 8 nitrogen and oxygen atoms in total. The first-order valence-electron chi connectivity index (χ1n) is 13.1. The third kappa shape index (κ3) is 4.36. The van der Waals surface area contributed by atoms with Crippen LogP contribution in [0.3, 0.4) is 0 Å². The fourth-order valence-corrected chi connectivity index (χ4v) is 7.18. The Balaban J connectivity index is 1.20. The summed E-state index contributed by atoms with van der Waals surface area (Å²) in [5, 5.41) is 0. The molecule has 0 aromatic rings. The maximum absolute atomic E-state index is 11.8. The van der Waals surface area contributed by atoms with Gasteiger partial charge in [-0.2, -0.15) is 0 Å². The SMILES string of the molecule is CCOC(=O)CN1CCN(CCC2OC3OC4(C)CCC5C(C)CCC(C2C)C35OO4)CC1. The van der Waals surface area contributed by atoms with Crippen LogP contribution in [0.4, 0.5) is 0 Å². The van der Waals surface area contributed by atoms with Crippen LogP contribution in [0, 0.1) is 23.7 Å². The van der Waals surface area contributed by atoms with Gasteiger partial charge in [-0.25, -0.2) is 9.78 Å². The van der Waals surface area contributed by atoms with Crippen molar-refractivity contribution < 1.29 is 28.8 Å². The second kappa shape index (κ2) is 9.36. The second-order valence-electron chi connectivity index (χ2n) is 11.2. The Morgan fingerprint density at radius 2 is 1.79 bits per heavy atom. The van der Waals surface area contributed by atoms with Crippen molar-refractivity contribution >= 4 is 5.97 Å². The molecule has 6 aliphatic rings. The van der Waals surface area contributed by atoms with Crippen molar-refractivity contribution in [2.75, 3.05) is 45.9 Å². The van der Waals surface area contributed by atoms with Crippen LogP contribution in [0.5, 0.6) is 0 Å². The number of nitrogens with zero attached hydrogens (tertiary/aromatic N) is 2. The number of fused-ring (bicyclic) bond motifs is 2. The smallest absolute Gasteiger partial charge is 0.320 e. The van der Waals surface area contributed by atoms with Gasteiger partial charge in [0.25, 0.3) is 0 Å². The lowest BCUT2D eigenvalue weighted by Gasteiger charge is -2.60. The predicted molar refractivity (Wildman–Crippen MR) is 121 cm³/mol. The minimum absolute atomic E-state index is 0.123. The van der Waals surface area contributed by atoms with Crippen molar-refractivity contribution in [3.8, 4) is 0 Å². The van der Waals surface area contributed by atoms with Gasteiger partial charge in [0, 0.05) is 45.1 Å². The lowest BCUT2D eigenvalue weighted by Crippen LogP contribution is -2.70. The number of hydrogen-bond donors (Lipinski definition) is 0. The minimum Gasteiger partial charge on any atom is -0.465 e. The van der Waals surface area contributed by atoms with Crippen LogP contribution >= 0.6 is 0 Å². The zero-order valence-electron chi connectivity index (χ0n) is 20.8. The fraction of sp³-hybridized carbons (Fsp3) is 0.960. The fourth-order valence-electron chi connectivity index (χ4n) is 7.18. The number of carbonyl (C=O) groups excluding carboxylic acids is 1. The van der Waals surface area contributed by atoms with E-state index >= 15 is 0 Å². The van der Waals surface area contributed by atoms with Crippen LogP contribution in [0.15, 0.2) is 0 Å². The van der Waals surface area contributed by atoms with Crippen molar-refractivity contribution in [1.82, 2.24) is 9.80 Å². The first-order valence-corrected chi connectivity index (χ1v) is 13.1. The number of ether oxygens (including phenoxy) is 3. The molecule has 5 saturated heterocycles. The number of hydrogen-bond acceptors (Lipinski definition) is 8. The van der Waals surface area contributed by atoms with E-state index in [9.17, 15) is 4.79 Å². The molecule has 6 rings (SSSR count). The summed E-state index contributed by atoms with van der Waals surface area (Å²) in [7, 11) is 0. The summed E-state index contributed by atoms with van der Waals surface area (Å²) in [6, 6.07) is 0. The molecule has 0 aromatic heterocycles. The quantitative estimate of drug-likeness (QED) is 0.437. The number of esters is 1. The Morgan fingerprint density at radius 3 is 2.55 bits per heavy atom. The highest BCUT2D eigenvalue weighted by molar-refractivity contribution is 5.71. The van der Waals surface area contributed by atoms with Gasteiger partial charge in [-0.3, -0.25) is 9.69 Å². The molecule has 188 valence electrons. The van der Waals surface area contributed by atoms with E-state index in [4.69, 9.17) is 24.0 Å². The maximum Gasteiger partial charge on any atom is 0.320 e. The van der Waals surface area contributed by atoms with Crippen molar-refractivity contribution in [1.29, 1.82) is 0 Å². The van der Waals surface area contributed by atoms with E-state index in [0.29, 0.717) is 36.8 Å². The van der Waals surface area contributed by atoms with Crippen LogP contribution in [0.25, 0.3) is 0 Å². The molecule has 33 heavy (non-hydrogen) atoms. The molecule has 1 saturated carbocycles. The van der Waals surface area contributed by atoms with Crippen LogP contribution in [0.1, 0.15) is 59.8 Å². The average Bonchev–Trinajstić information content (AvgIpc) is 3.02. The van der Waals surface area contributed by atoms with E-state index < -0.39 is 11.4 Å². The highest BCUT2D eigenvalue weighted by Gasteiger charge is 2.69. The van der Waals surface area contributed by atoms with E-state index in [1.165, 1.54) is 6.42 Å². The standard InChI is InChI=1S/C25H42N2O6/c1-5-29-22(28)16-27-14-12-26(13-15-27)11-9-21-18(3)20-7-6-17(2)19-8-10-24(4)31-23(30-21)25(19,20)33-32-24/h17-21,23H,5-16H2,1-4H3. The predicted octanol–water partition coefficient (Wildman–Crippen LogP) is 2.81. The second-order valence-corrected chi connectivity index (χ2v) is 11.2. The number of carbonyl (C=O) groups is 1. The molecule has 8 atom stereocenters. The van der Waals surface area contributed by atoms with Crippen molar-refractivity contribution in [3.63, 3.8) is 0 Å². The summed E-state index contributed by atoms with van der Waals surface area (Å²) in [5.41, 5.74) is -0.470. The molecule has 1 aliphatic carbocycles. The van der Waals surface area contributed by atoms with Gasteiger partial charge < -0.3 is 19.1 Å². The molecule has 8 unspecified atom stereocenters. The lowest BCUT2D eigenvalue weighted by atomic mass is 9.57. The van der Waals surface area contributed by atoms with Gasteiger partial charge in [0.15, 0.2) is 11.9 Å². The van der Waals surface area contributed by atoms with Gasteiger partial charge in [-0.1, -0.05) is 13.8 Å². The molecular formula is C25H42N2O6. The lowest BCUT2D eigenvalue weighted by molar-refractivity contribution is -0.571. The molecule has 5 heterocycles. The normalized spacial score (nSPS) is 45.9. The molecule has 8 heteroatoms. The Bertz CT molecular complexity index is 715. The van der Waals surface area contributed by atoms with Crippen LogP contribution in [-0.4, -0.2) is 85.4 Å². The van der Waals surface area contributed by atoms with Gasteiger partial charge in [-0.15, -0.1) is 0 Å². The summed E-state index contributed by atoms with van der Waals surface area (Å²) in [6.07, 6.45) is 5.10. The van der Waals surface area contributed by atoms with E-state index in [0.717, 1.165) is 58.4 Å². The Morgan fingerprint density at radius 1 is 1.03 bits per heavy atom. The van der Waals surface area contributed by atoms with Gasteiger partial charge in [0.2, 0.25) is 5.79 Å². The summed E-state index contributed by atoms with van der Waals surface area (Å²) in [5.74, 6) is 0.971. The summed E-state index contributed by atoms with van der Waals surface area (Å²) in [6.45, 7) is 14.1. The topological polar surface area (TPSA) is 69.7 Å². The molecule has 1 spiro atoms. The van der Waals surface area contributed by atoms with Crippen LogP contribution in [0.2, 0.25) is 0 Å². The monoisotopic (exact) mass is 466 g/mol. The van der Waals surface area contributed by atoms with Gasteiger partial charge in [-0.05, 0) is 57.3 Å². The Labute approximate surface area is 198 Å². The zero-order valence-corrected chi connectivity index (χ0v) is 20.8. The van der Waals surface area contributed by atoms with Crippen molar-refractivity contribution in [3.05, 3.63) is 0 Å². The number of rotatable bonds is 6. The van der Waals surface area contributed by atoms with Crippen LogP contribution in [-0.2, 0) is 28.8 Å². The molecule has 0 aromatic carbocycles. The maximum atomic E-state index is 11.8. The van der Waals surface area contributed by atoms with Gasteiger partial charge in [0.05, 0.1) is 19.3 Å². The summed E-state index contributed by atoms with van der Waals surface area (Å²) >= 11 is 0. The van der Waals surface area contributed by atoms with E-state index in [2.05, 4.69) is 23.6 Å². The Kier molecular flexibility index (Phi) is 6.79. The molecule has 0 radical (unpaired) electrons. The van der Waals surface area contributed by atoms with Crippen LogP contribution < -0.4 is 0 Å². The highest BCUT2D eigenvalue weighted by atomic mass is 17.3. The zero-order chi connectivity index (χ0) is 23.2. The minimum atomic E-state index is -0.710. The van der Waals surface area contributed by atoms with E-state index in [1.807, 2.05) is 13.8 Å². The molecular weight excluding hydrogens is 424 g/mol. The number of piperazine rings is 1. The van der Waals surface area contributed by atoms with Crippen molar-refractivity contribution in [2.24, 2.45) is 23.7 Å². The van der Waals surface area contributed by atoms with Crippen molar-refractivity contribution in [2.45, 2.75) is 83.6 Å². The highest BCUT2D eigenvalue weighted by Crippen LogP contribution is 2.60. The largest absolute Gasteiger partial charge is 0.465 e. The first-order chi connectivity index (χ1) is 15.8. The van der Waals surface area contributed by atoms with E-state index in [-0.39, 0.29) is 18.4 Å². The molecule has 0 N–H and O–H groups in total. The Hall–Kier alpha value is -0.770. The third-order valence-electron chi connectivity index (χ3n) is 9.15. The summed E-state index contributed by atoms with van der Waals surface area (Å²) < 4.78 is 18.3. The molecule has 0 amide bonds. The van der Waals surface area contributed by atoms with Gasteiger partial charge in [0.1, 0.15) is 0 Å². The molecule has 6 fully saturated rings. The third-order valence-corrected chi connectivity index (χ3v) is 9.15. The summed E-state index contributed by atoms with van der Waals surface area (Å²) in [4.78, 5) is 28.6. The average molecular weight is 467 g/mol. The van der Waals surface area contributed by atoms with E-state index in [1.54, 1.807) is 0 Å². The molecule has 2 bridgehead atoms.